The van der Waals surface area contributed by atoms with E-state index in [0.717, 1.165) is 0 Å². The van der Waals surface area contributed by atoms with Crippen LogP contribution in [0.25, 0.3) is 0 Å². The van der Waals surface area contributed by atoms with Crippen molar-refractivity contribution in [3.8, 4) is 0 Å². The van der Waals surface area contributed by atoms with Gasteiger partial charge in [-0.3, -0.25) is 9.59 Å². The number of carbonyl (C=O) groups is 2. The van der Waals surface area contributed by atoms with Crippen LogP contribution in [0.2, 0.25) is 0 Å². The summed E-state index contributed by atoms with van der Waals surface area (Å²) in [7, 11) is 0. The van der Waals surface area contributed by atoms with E-state index < -0.39 is 15.7 Å². The summed E-state index contributed by atoms with van der Waals surface area (Å²) in [5, 5.41) is 8.56. The molecule has 0 aliphatic heterocycles. The van der Waals surface area contributed by atoms with Crippen LogP contribution in [0.15, 0.2) is 0 Å². The lowest BCUT2D eigenvalue weighted by molar-refractivity contribution is -0.155. The second kappa shape index (κ2) is 5.77. The highest BCUT2D eigenvalue weighted by molar-refractivity contribution is 9.10. The monoisotopic (exact) mass is 294 g/mol. The van der Waals surface area contributed by atoms with Gasteiger partial charge in [-0.25, -0.2) is 0 Å². The van der Waals surface area contributed by atoms with E-state index >= 15 is 0 Å². The zero-order chi connectivity index (χ0) is 13.0. The second-order valence-electron chi connectivity index (χ2n) is 4.67. The summed E-state index contributed by atoms with van der Waals surface area (Å²) in [5.74, 6) is -0.441. The van der Waals surface area contributed by atoms with Gasteiger partial charge in [-0.2, -0.15) is 0 Å². The summed E-state index contributed by atoms with van der Waals surface area (Å²) in [6.45, 7) is 6.44. The number of aliphatic hydroxyl groups is 1. The Hall–Kier alpha value is -0.420. The van der Waals surface area contributed by atoms with Crippen molar-refractivity contribution in [3.63, 3.8) is 0 Å². The molecule has 1 atom stereocenters. The molecular weight excluding hydrogens is 276 g/mol. The van der Waals surface area contributed by atoms with Gasteiger partial charge >= 0.3 is 5.97 Å². The van der Waals surface area contributed by atoms with Crippen LogP contribution < -0.4 is 0 Å². The highest BCUT2D eigenvalue weighted by Gasteiger charge is 2.39. The normalized spacial score (nSPS) is 15.4. The molecule has 0 rings (SSSR count). The number of Topliss-reactive ketones (excluding diaryl/α,β-unsaturated/α-hetero) is 1. The largest absolute Gasteiger partial charge is 0.463 e. The average Bonchev–Trinajstić information content (AvgIpc) is 2.12. The molecule has 94 valence electrons. The van der Waals surface area contributed by atoms with Crippen LogP contribution >= 0.6 is 15.9 Å². The number of hydrogen-bond donors (Lipinski definition) is 1. The number of esters is 1. The van der Waals surface area contributed by atoms with Crippen molar-refractivity contribution in [2.75, 3.05) is 13.2 Å². The zero-order valence-electron chi connectivity index (χ0n) is 10.2. The highest BCUT2D eigenvalue weighted by atomic mass is 79.9. The third kappa shape index (κ3) is 4.61. The van der Waals surface area contributed by atoms with Crippen molar-refractivity contribution < 1.29 is 19.4 Å². The van der Waals surface area contributed by atoms with Crippen LogP contribution in [-0.2, 0) is 14.3 Å². The molecule has 0 amide bonds. The minimum Gasteiger partial charge on any atom is -0.463 e. The number of aliphatic hydroxyl groups excluding tert-OH is 1. The first-order valence-electron chi connectivity index (χ1n) is 5.11. The van der Waals surface area contributed by atoms with Crippen LogP contribution in [0.1, 0.15) is 34.1 Å². The summed E-state index contributed by atoms with van der Waals surface area (Å²) < 4.78 is 4.13. The molecule has 0 saturated carbocycles. The quantitative estimate of drug-likeness (QED) is 0.598. The number of ether oxygens (including phenoxy) is 1. The van der Waals surface area contributed by atoms with Gasteiger partial charge in [0.2, 0.25) is 0 Å². The molecule has 4 nitrogen and oxygen atoms in total. The van der Waals surface area contributed by atoms with Crippen LogP contribution in [0, 0.1) is 5.41 Å². The van der Waals surface area contributed by atoms with Gasteiger partial charge in [0.05, 0.1) is 16.3 Å². The third-order valence-electron chi connectivity index (χ3n) is 2.39. The van der Waals surface area contributed by atoms with E-state index in [4.69, 9.17) is 9.84 Å². The molecule has 0 aromatic heterocycles. The fourth-order valence-corrected chi connectivity index (χ4v) is 2.06. The Morgan fingerprint density at radius 2 is 1.81 bits per heavy atom. The van der Waals surface area contributed by atoms with Gasteiger partial charge in [0.25, 0.3) is 0 Å². The number of alkyl halides is 1. The zero-order valence-corrected chi connectivity index (χ0v) is 11.8. The molecule has 0 fully saturated rings. The SMILES string of the molecule is CC(=O)C(C)(Br)CC(C)(C)C(=O)OCCO. The number of hydrogen-bond acceptors (Lipinski definition) is 4. The lowest BCUT2D eigenvalue weighted by Gasteiger charge is -2.29. The van der Waals surface area contributed by atoms with Crippen molar-refractivity contribution >= 4 is 27.7 Å². The molecule has 5 heteroatoms. The Labute approximate surface area is 104 Å². The van der Waals surface area contributed by atoms with Crippen molar-refractivity contribution in [1.82, 2.24) is 0 Å². The Kier molecular flexibility index (Phi) is 5.62. The standard InChI is InChI=1S/C11H19BrO4/c1-8(14)11(4,12)7-10(2,3)9(15)16-6-5-13/h13H,5-7H2,1-4H3. The predicted octanol–water partition coefficient (Wildman–Crippen LogP) is 1.68. The molecule has 0 aliphatic rings. The van der Waals surface area contributed by atoms with E-state index in [2.05, 4.69) is 15.9 Å². The lowest BCUT2D eigenvalue weighted by Crippen LogP contribution is -2.38. The maximum atomic E-state index is 11.7. The van der Waals surface area contributed by atoms with E-state index in [-0.39, 0.29) is 19.0 Å². The first-order chi connectivity index (χ1) is 7.13. The molecule has 0 aliphatic carbocycles. The average molecular weight is 295 g/mol. The van der Waals surface area contributed by atoms with Gasteiger partial charge in [-0.15, -0.1) is 0 Å². The fraction of sp³-hybridized carbons (Fsp3) is 0.818. The van der Waals surface area contributed by atoms with Crippen LogP contribution in [0.4, 0.5) is 0 Å². The minimum atomic E-state index is -0.765. The van der Waals surface area contributed by atoms with Crippen molar-refractivity contribution in [3.05, 3.63) is 0 Å². The third-order valence-corrected chi connectivity index (χ3v) is 3.22. The number of ketones is 1. The number of carbonyl (C=O) groups excluding carboxylic acids is 2. The molecule has 1 unspecified atom stereocenters. The summed E-state index contributed by atoms with van der Waals surface area (Å²) in [4.78, 5) is 23.0. The summed E-state index contributed by atoms with van der Waals surface area (Å²) >= 11 is 3.31. The minimum absolute atomic E-state index is 0.0126. The molecule has 0 heterocycles. The molecule has 0 bridgehead atoms. The van der Waals surface area contributed by atoms with Gasteiger partial charge in [-0.05, 0) is 34.1 Å². The smallest absolute Gasteiger partial charge is 0.311 e. The Morgan fingerprint density at radius 1 is 1.31 bits per heavy atom. The van der Waals surface area contributed by atoms with Crippen molar-refractivity contribution in [1.29, 1.82) is 0 Å². The topological polar surface area (TPSA) is 63.6 Å². The summed E-state index contributed by atoms with van der Waals surface area (Å²) in [5.41, 5.74) is -0.765. The molecule has 0 saturated heterocycles. The van der Waals surface area contributed by atoms with Crippen molar-refractivity contribution in [2.45, 2.75) is 38.4 Å². The molecule has 1 N–H and O–H groups in total. The second-order valence-corrected chi connectivity index (χ2v) is 6.42. The molecular formula is C11H19BrO4. The Bertz CT molecular complexity index is 271. The first-order valence-corrected chi connectivity index (χ1v) is 5.91. The van der Waals surface area contributed by atoms with Crippen LogP contribution in [0.3, 0.4) is 0 Å². The van der Waals surface area contributed by atoms with E-state index in [1.807, 2.05) is 0 Å². The lowest BCUT2D eigenvalue weighted by atomic mass is 9.82. The fourth-order valence-electron chi connectivity index (χ4n) is 1.36. The molecule has 0 aromatic rings. The van der Waals surface area contributed by atoms with Gasteiger partial charge < -0.3 is 9.84 Å². The molecule has 0 aromatic carbocycles. The van der Waals surface area contributed by atoms with Gasteiger partial charge in [0.1, 0.15) is 12.4 Å². The Balaban J connectivity index is 4.55. The van der Waals surface area contributed by atoms with E-state index in [1.165, 1.54) is 6.92 Å². The predicted molar refractivity (Wildman–Crippen MR) is 64.5 cm³/mol. The maximum Gasteiger partial charge on any atom is 0.311 e. The molecule has 0 spiro atoms. The van der Waals surface area contributed by atoms with E-state index in [9.17, 15) is 9.59 Å². The van der Waals surface area contributed by atoms with Crippen LogP contribution in [0.5, 0.6) is 0 Å². The molecule has 0 radical (unpaired) electrons. The Morgan fingerprint density at radius 3 is 2.19 bits per heavy atom. The number of rotatable bonds is 6. The van der Waals surface area contributed by atoms with Gasteiger partial charge in [0.15, 0.2) is 0 Å². The van der Waals surface area contributed by atoms with Crippen LogP contribution in [-0.4, -0.2) is 34.4 Å². The first kappa shape index (κ1) is 15.6. The number of halogens is 1. The maximum absolute atomic E-state index is 11.7. The van der Waals surface area contributed by atoms with E-state index in [1.54, 1.807) is 20.8 Å². The summed E-state index contributed by atoms with van der Waals surface area (Å²) in [6, 6.07) is 0. The van der Waals surface area contributed by atoms with Gasteiger partial charge in [0, 0.05) is 0 Å². The van der Waals surface area contributed by atoms with Crippen molar-refractivity contribution in [2.24, 2.45) is 5.41 Å². The van der Waals surface area contributed by atoms with Gasteiger partial charge in [-0.1, -0.05) is 15.9 Å². The van der Waals surface area contributed by atoms with E-state index in [0.29, 0.717) is 6.42 Å². The summed E-state index contributed by atoms with van der Waals surface area (Å²) in [6.07, 6.45) is 0.347. The molecule has 16 heavy (non-hydrogen) atoms. The highest BCUT2D eigenvalue weighted by Crippen LogP contribution is 2.35.